The molecule has 0 spiro atoms. The molecule has 2 saturated carbocycles. The second-order valence-corrected chi connectivity index (χ2v) is 7.89. The van der Waals surface area contributed by atoms with Crippen molar-refractivity contribution < 1.29 is 0 Å². The molecule has 3 heteroatoms. The van der Waals surface area contributed by atoms with E-state index in [9.17, 15) is 5.26 Å². The van der Waals surface area contributed by atoms with Crippen molar-refractivity contribution in [2.45, 2.75) is 82.8 Å². The summed E-state index contributed by atoms with van der Waals surface area (Å²) in [4.78, 5) is 2.66. The van der Waals surface area contributed by atoms with Crippen LogP contribution in [-0.2, 0) is 0 Å². The minimum Gasteiger partial charge on any atom is -0.301 e. The van der Waals surface area contributed by atoms with Crippen molar-refractivity contribution in [2.24, 2.45) is 11.8 Å². The van der Waals surface area contributed by atoms with E-state index in [-0.39, 0.29) is 5.54 Å². The number of nitriles is 1. The molecule has 0 aromatic heterocycles. The summed E-state index contributed by atoms with van der Waals surface area (Å²) in [5.74, 6) is 1.45. The quantitative estimate of drug-likeness (QED) is 0.844. The average Bonchev–Trinajstić information content (AvgIpc) is 3.18. The zero-order valence-electron chi connectivity index (χ0n) is 13.8. The van der Waals surface area contributed by atoms with E-state index in [1.54, 1.807) is 0 Å². The molecule has 3 nitrogen and oxygen atoms in total. The summed E-state index contributed by atoms with van der Waals surface area (Å²) in [6, 6.07) is 4.04. The van der Waals surface area contributed by atoms with E-state index in [2.05, 4.69) is 30.1 Å². The Morgan fingerprint density at radius 3 is 2.71 bits per heavy atom. The highest BCUT2D eigenvalue weighted by Gasteiger charge is 2.46. The van der Waals surface area contributed by atoms with Gasteiger partial charge >= 0.3 is 0 Å². The number of nitrogens with one attached hydrogen (secondary N) is 1. The molecule has 3 fully saturated rings. The second-order valence-electron chi connectivity index (χ2n) is 7.89. The number of piperidine rings is 1. The molecule has 0 aromatic carbocycles. The van der Waals surface area contributed by atoms with Crippen molar-refractivity contribution in [3.63, 3.8) is 0 Å². The first kappa shape index (κ1) is 15.3. The minimum absolute atomic E-state index is 0.201. The van der Waals surface area contributed by atoms with Gasteiger partial charge in [-0.3, -0.25) is 5.32 Å². The molecule has 2 aliphatic carbocycles. The number of rotatable bonds is 5. The Balaban J connectivity index is 1.55. The third-order valence-electron chi connectivity index (χ3n) is 6.10. The lowest BCUT2D eigenvalue weighted by atomic mass is 9.85. The highest BCUT2D eigenvalue weighted by molar-refractivity contribution is 5.16. The summed E-state index contributed by atoms with van der Waals surface area (Å²) >= 11 is 0. The summed E-state index contributed by atoms with van der Waals surface area (Å²) in [6.45, 7) is 7.20. The summed E-state index contributed by atoms with van der Waals surface area (Å²) in [5.41, 5.74) is -0.201. The third kappa shape index (κ3) is 3.43. The van der Waals surface area contributed by atoms with Crippen LogP contribution in [0.2, 0.25) is 0 Å². The van der Waals surface area contributed by atoms with Gasteiger partial charge in [0.25, 0.3) is 0 Å². The van der Waals surface area contributed by atoms with Crippen LogP contribution in [0.15, 0.2) is 0 Å². The van der Waals surface area contributed by atoms with Crippen LogP contribution in [0.1, 0.15) is 65.2 Å². The van der Waals surface area contributed by atoms with Gasteiger partial charge < -0.3 is 4.90 Å². The van der Waals surface area contributed by atoms with Crippen molar-refractivity contribution in [3.05, 3.63) is 0 Å². The molecule has 0 bridgehead atoms. The van der Waals surface area contributed by atoms with E-state index in [0.29, 0.717) is 12.0 Å². The Hall–Kier alpha value is -0.590. The van der Waals surface area contributed by atoms with Crippen molar-refractivity contribution in [1.82, 2.24) is 10.2 Å². The van der Waals surface area contributed by atoms with Gasteiger partial charge in [0, 0.05) is 12.1 Å². The van der Waals surface area contributed by atoms with E-state index in [0.717, 1.165) is 18.4 Å². The molecule has 0 amide bonds. The highest BCUT2D eigenvalue weighted by Crippen LogP contribution is 2.40. The molecule has 0 aromatic rings. The van der Waals surface area contributed by atoms with Gasteiger partial charge in [-0.05, 0) is 76.8 Å². The zero-order valence-corrected chi connectivity index (χ0v) is 13.8. The predicted octanol–water partition coefficient (Wildman–Crippen LogP) is 3.31. The van der Waals surface area contributed by atoms with E-state index in [1.807, 2.05) is 0 Å². The molecule has 1 heterocycles. The minimum atomic E-state index is -0.201. The number of hydrogen-bond acceptors (Lipinski definition) is 3. The van der Waals surface area contributed by atoms with Crippen molar-refractivity contribution in [1.29, 1.82) is 5.26 Å². The van der Waals surface area contributed by atoms with Gasteiger partial charge in [0.1, 0.15) is 5.54 Å². The normalized spacial score (nSPS) is 41.1. The van der Waals surface area contributed by atoms with E-state index < -0.39 is 0 Å². The van der Waals surface area contributed by atoms with Gasteiger partial charge in [-0.25, -0.2) is 0 Å². The molecular weight excluding hydrogens is 258 g/mol. The number of nitrogens with zero attached hydrogens (tertiary/aromatic N) is 2. The van der Waals surface area contributed by atoms with E-state index in [1.165, 1.54) is 58.0 Å². The largest absolute Gasteiger partial charge is 0.301 e. The van der Waals surface area contributed by atoms with Gasteiger partial charge in [0.15, 0.2) is 0 Å². The highest BCUT2D eigenvalue weighted by atomic mass is 15.2. The summed E-state index contributed by atoms with van der Waals surface area (Å²) in [5, 5.41) is 13.5. The van der Waals surface area contributed by atoms with Crippen LogP contribution >= 0.6 is 0 Å². The van der Waals surface area contributed by atoms with Gasteiger partial charge in [-0.2, -0.15) is 5.26 Å². The van der Waals surface area contributed by atoms with Crippen molar-refractivity contribution in [3.8, 4) is 6.07 Å². The first-order valence-corrected chi connectivity index (χ1v) is 9.06. The molecule has 1 saturated heterocycles. The SMILES string of the molecule is CC1CCN(CCC2CCCC2(C#N)NC2CC2)C(C)C1. The van der Waals surface area contributed by atoms with Crippen LogP contribution < -0.4 is 5.32 Å². The van der Waals surface area contributed by atoms with Crippen LogP contribution in [0, 0.1) is 23.2 Å². The summed E-state index contributed by atoms with van der Waals surface area (Å²) < 4.78 is 0. The summed E-state index contributed by atoms with van der Waals surface area (Å²) in [6.07, 6.45) is 9.97. The van der Waals surface area contributed by atoms with Crippen LogP contribution in [0.25, 0.3) is 0 Å². The van der Waals surface area contributed by atoms with Gasteiger partial charge in [0.2, 0.25) is 0 Å². The molecule has 118 valence electrons. The van der Waals surface area contributed by atoms with Crippen LogP contribution in [0.4, 0.5) is 0 Å². The van der Waals surface area contributed by atoms with Crippen LogP contribution in [0.5, 0.6) is 0 Å². The first-order valence-electron chi connectivity index (χ1n) is 9.06. The molecule has 3 rings (SSSR count). The topological polar surface area (TPSA) is 39.1 Å². The molecule has 1 N–H and O–H groups in total. The van der Waals surface area contributed by atoms with Crippen molar-refractivity contribution >= 4 is 0 Å². The monoisotopic (exact) mass is 289 g/mol. The van der Waals surface area contributed by atoms with Crippen LogP contribution in [-0.4, -0.2) is 35.6 Å². The van der Waals surface area contributed by atoms with Crippen LogP contribution in [0.3, 0.4) is 0 Å². The lowest BCUT2D eigenvalue weighted by molar-refractivity contribution is 0.116. The maximum atomic E-state index is 9.76. The number of hydrogen-bond donors (Lipinski definition) is 1. The zero-order chi connectivity index (χ0) is 14.9. The Labute approximate surface area is 130 Å². The maximum Gasteiger partial charge on any atom is 0.109 e. The average molecular weight is 289 g/mol. The predicted molar refractivity (Wildman–Crippen MR) is 85.9 cm³/mol. The van der Waals surface area contributed by atoms with Gasteiger partial charge in [-0.1, -0.05) is 13.3 Å². The molecule has 4 unspecified atom stereocenters. The lowest BCUT2D eigenvalue weighted by Gasteiger charge is -2.38. The fraction of sp³-hybridized carbons (Fsp3) is 0.944. The van der Waals surface area contributed by atoms with Crippen molar-refractivity contribution in [2.75, 3.05) is 13.1 Å². The van der Waals surface area contributed by atoms with Gasteiger partial charge in [0.05, 0.1) is 6.07 Å². The first-order chi connectivity index (χ1) is 10.1. The number of likely N-dealkylation sites (tertiary alicyclic amines) is 1. The summed E-state index contributed by atoms with van der Waals surface area (Å²) in [7, 11) is 0. The Morgan fingerprint density at radius 1 is 1.24 bits per heavy atom. The smallest absolute Gasteiger partial charge is 0.109 e. The third-order valence-corrected chi connectivity index (χ3v) is 6.10. The molecule has 1 aliphatic heterocycles. The van der Waals surface area contributed by atoms with E-state index >= 15 is 0 Å². The fourth-order valence-corrected chi connectivity index (χ4v) is 4.54. The Kier molecular flexibility index (Phi) is 4.57. The standard InChI is InChI=1S/C18H31N3/c1-14-7-10-21(15(2)12-14)11-8-16-4-3-9-18(16,13-19)20-17-5-6-17/h14-17,20H,3-12H2,1-2H3. The Bertz CT molecular complexity index is 398. The Morgan fingerprint density at radius 2 is 2.05 bits per heavy atom. The molecular formula is C18H31N3. The fourth-order valence-electron chi connectivity index (χ4n) is 4.54. The molecule has 21 heavy (non-hydrogen) atoms. The maximum absolute atomic E-state index is 9.76. The molecule has 0 radical (unpaired) electrons. The van der Waals surface area contributed by atoms with E-state index in [4.69, 9.17) is 0 Å². The second kappa shape index (κ2) is 6.26. The van der Waals surface area contributed by atoms with Gasteiger partial charge in [-0.15, -0.1) is 0 Å². The molecule has 4 atom stereocenters. The lowest BCUT2D eigenvalue weighted by Crippen LogP contribution is -2.49. The molecule has 3 aliphatic rings.